The molecule has 0 unspecified atom stereocenters. The molecule has 0 aliphatic heterocycles. The standard InChI is InChI=1S/C21H18N2O4/c22-20(24)14-26-19-9-5-4-8-18(19)21(25)23-15-10-12-17(13-11-15)27-16-6-2-1-3-7-16/h1-13H,14H2,(H2,22,24)(H,23,25). The van der Waals surface area contributed by atoms with Gasteiger partial charge in [0.25, 0.3) is 11.8 Å². The molecule has 6 heteroatoms. The van der Waals surface area contributed by atoms with Crippen LogP contribution in [0.15, 0.2) is 78.9 Å². The molecule has 0 saturated heterocycles. The highest BCUT2D eigenvalue weighted by Gasteiger charge is 2.13. The van der Waals surface area contributed by atoms with E-state index in [0.717, 1.165) is 5.75 Å². The second kappa shape index (κ2) is 8.53. The normalized spacial score (nSPS) is 10.1. The molecule has 0 heterocycles. The van der Waals surface area contributed by atoms with E-state index in [1.807, 2.05) is 30.3 Å². The number of carbonyl (C=O) groups excluding carboxylic acids is 2. The van der Waals surface area contributed by atoms with Gasteiger partial charge in [-0.05, 0) is 48.5 Å². The lowest BCUT2D eigenvalue weighted by Crippen LogP contribution is -2.21. The summed E-state index contributed by atoms with van der Waals surface area (Å²) in [5.41, 5.74) is 5.99. The number of benzene rings is 3. The van der Waals surface area contributed by atoms with Crippen molar-refractivity contribution in [3.05, 3.63) is 84.4 Å². The Kier molecular flexibility index (Phi) is 5.69. The van der Waals surface area contributed by atoms with E-state index in [1.54, 1.807) is 48.5 Å². The highest BCUT2D eigenvalue weighted by Crippen LogP contribution is 2.24. The first-order valence-electron chi connectivity index (χ1n) is 8.26. The fourth-order valence-electron chi connectivity index (χ4n) is 2.36. The van der Waals surface area contributed by atoms with Crippen LogP contribution in [0.1, 0.15) is 10.4 Å². The lowest BCUT2D eigenvalue weighted by molar-refractivity contribution is -0.119. The molecule has 0 fully saturated rings. The van der Waals surface area contributed by atoms with Crippen LogP contribution >= 0.6 is 0 Å². The summed E-state index contributed by atoms with van der Waals surface area (Å²) in [6.45, 7) is -0.296. The highest BCUT2D eigenvalue weighted by molar-refractivity contribution is 6.06. The molecule has 3 aromatic rings. The molecule has 0 aliphatic rings. The van der Waals surface area contributed by atoms with Crippen molar-refractivity contribution in [3.8, 4) is 17.2 Å². The predicted octanol–water partition coefficient (Wildman–Crippen LogP) is 3.60. The third-order valence-electron chi connectivity index (χ3n) is 3.59. The summed E-state index contributed by atoms with van der Waals surface area (Å²) in [6, 6.07) is 23.1. The number of hydrogen-bond acceptors (Lipinski definition) is 4. The lowest BCUT2D eigenvalue weighted by atomic mass is 10.2. The second-order valence-electron chi connectivity index (χ2n) is 5.64. The van der Waals surface area contributed by atoms with Crippen LogP contribution < -0.4 is 20.5 Å². The van der Waals surface area contributed by atoms with Crippen LogP contribution in [-0.4, -0.2) is 18.4 Å². The molecule has 0 bridgehead atoms. The average Bonchev–Trinajstić information content (AvgIpc) is 2.69. The molecule has 0 radical (unpaired) electrons. The Morgan fingerprint density at radius 2 is 1.44 bits per heavy atom. The summed E-state index contributed by atoms with van der Waals surface area (Å²) >= 11 is 0. The van der Waals surface area contributed by atoms with E-state index < -0.39 is 5.91 Å². The minimum absolute atomic E-state index is 0.290. The van der Waals surface area contributed by atoms with Crippen molar-refractivity contribution in [2.75, 3.05) is 11.9 Å². The monoisotopic (exact) mass is 362 g/mol. The number of carbonyl (C=O) groups is 2. The first-order chi connectivity index (χ1) is 13.1. The fourth-order valence-corrected chi connectivity index (χ4v) is 2.36. The number of amides is 2. The number of nitrogens with two attached hydrogens (primary N) is 1. The van der Waals surface area contributed by atoms with Crippen LogP contribution in [-0.2, 0) is 4.79 Å². The smallest absolute Gasteiger partial charge is 0.259 e. The maximum Gasteiger partial charge on any atom is 0.259 e. The molecule has 0 aliphatic carbocycles. The van der Waals surface area contributed by atoms with Crippen molar-refractivity contribution in [3.63, 3.8) is 0 Å². The SMILES string of the molecule is NC(=O)COc1ccccc1C(=O)Nc1ccc(Oc2ccccc2)cc1. The quantitative estimate of drug-likeness (QED) is 0.672. The molecule has 0 aromatic heterocycles. The van der Waals surface area contributed by atoms with Crippen LogP contribution in [0.5, 0.6) is 17.2 Å². The number of para-hydroxylation sites is 2. The average molecular weight is 362 g/mol. The van der Waals surface area contributed by atoms with Gasteiger partial charge in [0.1, 0.15) is 17.2 Å². The van der Waals surface area contributed by atoms with Crippen molar-refractivity contribution in [1.29, 1.82) is 0 Å². The minimum atomic E-state index is -0.612. The zero-order valence-corrected chi connectivity index (χ0v) is 14.4. The van der Waals surface area contributed by atoms with Crippen LogP contribution in [0.3, 0.4) is 0 Å². The summed E-state index contributed by atoms with van der Waals surface area (Å²) in [7, 11) is 0. The van der Waals surface area contributed by atoms with E-state index in [0.29, 0.717) is 17.0 Å². The van der Waals surface area contributed by atoms with Gasteiger partial charge in [-0.15, -0.1) is 0 Å². The van der Waals surface area contributed by atoms with Gasteiger partial charge in [-0.1, -0.05) is 30.3 Å². The molecule has 0 atom stereocenters. The predicted molar refractivity (Wildman–Crippen MR) is 102 cm³/mol. The fraction of sp³-hybridized carbons (Fsp3) is 0.0476. The lowest BCUT2D eigenvalue weighted by Gasteiger charge is -2.11. The van der Waals surface area contributed by atoms with E-state index in [2.05, 4.69) is 5.32 Å². The van der Waals surface area contributed by atoms with Gasteiger partial charge in [0, 0.05) is 5.69 Å². The summed E-state index contributed by atoms with van der Waals surface area (Å²) in [5.74, 6) is 0.711. The van der Waals surface area contributed by atoms with E-state index in [4.69, 9.17) is 15.2 Å². The van der Waals surface area contributed by atoms with Crippen LogP contribution in [0.25, 0.3) is 0 Å². The first kappa shape index (κ1) is 18.0. The summed E-state index contributed by atoms with van der Waals surface area (Å²) in [6.07, 6.45) is 0. The zero-order valence-electron chi connectivity index (χ0n) is 14.4. The Hall–Kier alpha value is -3.80. The van der Waals surface area contributed by atoms with E-state index >= 15 is 0 Å². The van der Waals surface area contributed by atoms with Crippen molar-refractivity contribution < 1.29 is 19.1 Å². The van der Waals surface area contributed by atoms with Gasteiger partial charge < -0.3 is 20.5 Å². The summed E-state index contributed by atoms with van der Waals surface area (Å²) in [5, 5.41) is 2.79. The Morgan fingerprint density at radius 3 is 2.15 bits per heavy atom. The zero-order chi connectivity index (χ0) is 19.1. The second-order valence-corrected chi connectivity index (χ2v) is 5.64. The Labute approximate surface area is 156 Å². The molecular formula is C21H18N2O4. The van der Waals surface area contributed by atoms with Crippen LogP contribution in [0, 0.1) is 0 Å². The van der Waals surface area contributed by atoms with Crippen LogP contribution in [0.4, 0.5) is 5.69 Å². The highest BCUT2D eigenvalue weighted by atomic mass is 16.5. The molecule has 2 amide bonds. The van der Waals surface area contributed by atoms with Gasteiger partial charge in [0.15, 0.2) is 6.61 Å². The van der Waals surface area contributed by atoms with E-state index in [1.165, 1.54) is 0 Å². The molecule has 0 saturated carbocycles. The number of nitrogens with one attached hydrogen (secondary N) is 1. The van der Waals surface area contributed by atoms with Gasteiger partial charge in [-0.3, -0.25) is 9.59 Å². The number of primary amides is 1. The van der Waals surface area contributed by atoms with Crippen molar-refractivity contribution >= 4 is 17.5 Å². The third kappa shape index (κ3) is 5.09. The molecule has 27 heavy (non-hydrogen) atoms. The topological polar surface area (TPSA) is 90.7 Å². The van der Waals surface area contributed by atoms with E-state index in [9.17, 15) is 9.59 Å². The third-order valence-corrected chi connectivity index (χ3v) is 3.59. The number of hydrogen-bond donors (Lipinski definition) is 2. The molecule has 3 aromatic carbocycles. The maximum atomic E-state index is 12.5. The van der Waals surface area contributed by atoms with E-state index in [-0.39, 0.29) is 18.3 Å². The van der Waals surface area contributed by atoms with Crippen molar-refractivity contribution in [1.82, 2.24) is 0 Å². The van der Waals surface area contributed by atoms with Gasteiger partial charge >= 0.3 is 0 Å². The molecular weight excluding hydrogens is 344 g/mol. The molecule has 3 rings (SSSR count). The Bertz CT molecular complexity index is 924. The number of ether oxygens (including phenoxy) is 2. The van der Waals surface area contributed by atoms with Crippen LogP contribution in [0.2, 0.25) is 0 Å². The van der Waals surface area contributed by atoms with Crippen molar-refractivity contribution in [2.24, 2.45) is 5.73 Å². The largest absolute Gasteiger partial charge is 0.483 e. The molecule has 0 spiro atoms. The van der Waals surface area contributed by atoms with Gasteiger partial charge in [0.2, 0.25) is 0 Å². The minimum Gasteiger partial charge on any atom is -0.483 e. The summed E-state index contributed by atoms with van der Waals surface area (Å²) < 4.78 is 11.0. The first-order valence-corrected chi connectivity index (χ1v) is 8.26. The van der Waals surface area contributed by atoms with Gasteiger partial charge in [-0.2, -0.15) is 0 Å². The van der Waals surface area contributed by atoms with Gasteiger partial charge in [0.05, 0.1) is 5.56 Å². The maximum absolute atomic E-state index is 12.5. The molecule has 3 N–H and O–H groups in total. The number of rotatable bonds is 7. The Balaban J connectivity index is 1.67. The van der Waals surface area contributed by atoms with Gasteiger partial charge in [-0.25, -0.2) is 0 Å². The Morgan fingerprint density at radius 1 is 0.815 bits per heavy atom. The summed E-state index contributed by atoms with van der Waals surface area (Å²) in [4.78, 5) is 23.4. The van der Waals surface area contributed by atoms with Crippen molar-refractivity contribution in [2.45, 2.75) is 0 Å². The molecule has 6 nitrogen and oxygen atoms in total. The molecule has 136 valence electrons. The number of anilines is 1.